The van der Waals surface area contributed by atoms with Crippen molar-refractivity contribution in [3.8, 4) is 0 Å². The number of amides is 2. The molecule has 0 spiro atoms. The minimum absolute atomic E-state index is 0.0530. The molecule has 2 rings (SSSR count). The van der Waals surface area contributed by atoms with Crippen LogP contribution in [0.3, 0.4) is 0 Å². The molecule has 2 fully saturated rings. The molecular weight excluding hydrogens is 220 g/mol. The zero-order valence-corrected chi connectivity index (χ0v) is 10.3. The zero-order chi connectivity index (χ0) is 12.4. The molecule has 2 aliphatic heterocycles. The van der Waals surface area contributed by atoms with E-state index in [-0.39, 0.29) is 24.5 Å². The fraction of sp³-hybridized carbons (Fsp3) is 0.833. The molecule has 5 heteroatoms. The van der Waals surface area contributed by atoms with Gasteiger partial charge in [-0.05, 0) is 18.9 Å². The number of rotatable bonds is 4. The molecule has 0 aromatic carbocycles. The summed E-state index contributed by atoms with van der Waals surface area (Å²) >= 11 is 0. The van der Waals surface area contributed by atoms with Crippen LogP contribution in [0.4, 0.5) is 0 Å². The summed E-state index contributed by atoms with van der Waals surface area (Å²) in [5.74, 6) is 0.385. The Morgan fingerprint density at radius 1 is 1.24 bits per heavy atom. The summed E-state index contributed by atoms with van der Waals surface area (Å²) in [6.45, 7) is 4.40. The van der Waals surface area contributed by atoms with Crippen LogP contribution < -0.4 is 0 Å². The molecule has 0 aromatic heterocycles. The highest BCUT2D eigenvalue weighted by atomic mass is 16.3. The Morgan fingerprint density at radius 2 is 1.88 bits per heavy atom. The van der Waals surface area contributed by atoms with Crippen molar-refractivity contribution in [2.75, 3.05) is 26.2 Å². The van der Waals surface area contributed by atoms with Crippen molar-refractivity contribution >= 4 is 11.8 Å². The van der Waals surface area contributed by atoms with E-state index >= 15 is 0 Å². The highest BCUT2D eigenvalue weighted by molar-refractivity contribution is 6.01. The smallest absolute Gasteiger partial charge is 0.229 e. The minimum Gasteiger partial charge on any atom is -0.395 e. The molecule has 0 aromatic rings. The number of nitrogens with zero attached hydrogens (tertiary/aromatic N) is 2. The van der Waals surface area contributed by atoms with E-state index < -0.39 is 0 Å². The summed E-state index contributed by atoms with van der Waals surface area (Å²) in [4.78, 5) is 26.4. The highest BCUT2D eigenvalue weighted by Crippen LogP contribution is 2.23. The van der Waals surface area contributed by atoms with E-state index in [1.165, 1.54) is 4.90 Å². The number of carbonyl (C=O) groups is 2. The van der Waals surface area contributed by atoms with E-state index in [0.717, 1.165) is 13.0 Å². The van der Waals surface area contributed by atoms with E-state index in [9.17, 15) is 14.7 Å². The topological polar surface area (TPSA) is 60.9 Å². The van der Waals surface area contributed by atoms with Crippen LogP contribution >= 0.6 is 0 Å². The van der Waals surface area contributed by atoms with Crippen LogP contribution in [0.2, 0.25) is 0 Å². The average molecular weight is 240 g/mol. The molecule has 0 saturated carbocycles. The van der Waals surface area contributed by atoms with Crippen molar-refractivity contribution < 1.29 is 14.7 Å². The summed E-state index contributed by atoms with van der Waals surface area (Å²) in [5, 5.41) is 9.31. The normalized spacial score (nSPS) is 30.6. The molecule has 0 aliphatic carbocycles. The summed E-state index contributed by atoms with van der Waals surface area (Å²) in [6, 6.07) is 0.183. The van der Waals surface area contributed by atoms with Crippen LogP contribution in [-0.4, -0.2) is 59.0 Å². The first kappa shape index (κ1) is 12.5. The summed E-state index contributed by atoms with van der Waals surface area (Å²) in [5.41, 5.74) is 0. The standard InChI is InChI=1S/C12H20N2O3/c1-9-4-5-13(10(9)8-15)6-7-14-11(16)2-3-12(14)17/h9-10,15H,2-8H2,1H3. The van der Waals surface area contributed by atoms with Gasteiger partial charge < -0.3 is 5.11 Å². The number of likely N-dealkylation sites (tertiary alicyclic amines) is 2. The van der Waals surface area contributed by atoms with E-state index in [4.69, 9.17) is 0 Å². The molecule has 5 nitrogen and oxygen atoms in total. The molecule has 2 atom stereocenters. The van der Waals surface area contributed by atoms with Crippen LogP contribution in [0.15, 0.2) is 0 Å². The second-order valence-corrected chi connectivity index (χ2v) is 4.99. The largest absolute Gasteiger partial charge is 0.395 e. The molecule has 2 aliphatic rings. The summed E-state index contributed by atoms with van der Waals surface area (Å²) in [7, 11) is 0. The van der Waals surface area contributed by atoms with Gasteiger partial charge in [-0.1, -0.05) is 6.92 Å². The van der Waals surface area contributed by atoms with Gasteiger partial charge in [-0.15, -0.1) is 0 Å². The number of carbonyl (C=O) groups excluding carboxylic acids is 2. The monoisotopic (exact) mass is 240 g/mol. The molecule has 0 bridgehead atoms. The fourth-order valence-corrected chi connectivity index (χ4v) is 2.76. The van der Waals surface area contributed by atoms with Gasteiger partial charge in [0.05, 0.1) is 6.61 Å². The number of aliphatic hydroxyl groups is 1. The minimum atomic E-state index is -0.0530. The van der Waals surface area contributed by atoms with Crippen molar-refractivity contribution in [3.05, 3.63) is 0 Å². The lowest BCUT2D eigenvalue weighted by Crippen LogP contribution is -2.42. The van der Waals surface area contributed by atoms with Crippen molar-refractivity contribution in [1.82, 2.24) is 9.80 Å². The fourth-order valence-electron chi connectivity index (χ4n) is 2.76. The lowest BCUT2D eigenvalue weighted by molar-refractivity contribution is -0.138. The van der Waals surface area contributed by atoms with E-state index in [2.05, 4.69) is 11.8 Å². The van der Waals surface area contributed by atoms with Crippen LogP contribution in [0.1, 0.15) is 26.2 Å². The van der Waals surface area contributed by atoms with Gasteiger partial charge in [0.15, 0.2) is 0 Å². The molecule has 96 valence electrons. The van der Waals surface area contributed by atoms with Crippen LogP contribution in [0, 0.1) is 5.92 Å². The van der Waals surface area contributed by atoms with Crippen LogP contribution in [-0.2, 0) is 9.59 Å². The molecule has 0 radical (unpaired) electrons. The second-order valence-electron chi connectivity index (χ2n) is 4.99. The average Bonchev–Trinajstić information content (AvgIpc) is 2.81. The molecule has 2 saturated heterocycles. The predicted molar refractivity (Wildman–Crippen MR) is 62.2 cm³/mol. The first-order valence-corrected chi connectivity index (χ1v) is 6.31. The maximum atomic E-state index is 11.4. The highest BCUT2D eigenvalue weighted by Gasteiger charge is 2.33. The van der Waals surface area contributed by atoms with Gasteiger partial charge in [0, 0.05) is 32.0 Å². The molecule has 2 heterocycles. The van der Waals surface area contributed by atoms with Gasteiger partial charge >= 0.3 is 0 Å². The van der Waals surface area contributed by atoms with Gasteiger partial charge in [-0.25, -0.2) is 0 Å². The van der Waals surface area contributed by atoms with Gasteiger partial charge in [0.1, 0.15) is 0 Å². The van der Waals surface area contributed by atoms with Gasteiger partial charge in [0.2, 0.25) is 11.8 Å². The SMILES string of the molecule is CC1CCN(CCN2C(=O)CCC2=O)C1CO. The van der Waals surface area contributed by atoms with E-state index in [1.807, 2.05) is 0 Å². The number of imide groups is 1. The van der Waals surface area contributed by atoms with Crippen molar-refractivity contribution in [3.63, 3.8) is 0 Å². The quantitative estimate of drug-likeness (QED) is 0.694. The lowest BCUT2D eigenvalue weighted by atomic mass is 10.0. The third kappa shape index (κ3) is 2.50. The Balaban J connectivity index is 1.86. The maximum absolute atomic E-state index is 11.4. The maximum Gasteiger partial charge on any atom is 0.229 e. The van der Waals surface area contributed by atoms with Crippen LogP contribution in [0.5, 0.6) is 0 Å². The second kappa shape index (κ2) is 5.14. The molecular formula is C12H20N2O3. The van der Waals surface area contributed by atoms with Crippen molar-refractivity contribution in [2.24, 2.45) is 5.92 Å². The molecule has 2 amide bonds. The Morgan fingerprint density at radius 3 is 2.47 bits per heavy atom. The van der Waals surface area contributed by atoms with Gasteiger partial charge in [-0.2, -0.15) is 0 Å². The summed E-state index contributed by atoms with van der Waals surface area (Å²) < 4.78 is 0. The number of hydrogen-bond donors (Lipinski definition) is 1. The van der Waals surface area contributed by atoms with E-state index in [0.29, 0.717) is 31.8 Å². The number of hydrogen-bond acceptors (Lipinski definition) is 4. The first-order valence-electron chi connectivity index (χ1n) is 6.31. The van der Waals surface area contributed by atoms with Gasteiger partial charge in [-0.3, -0.25) is 19.4 Å². The van der Waals surface area contributed by atoms with Gasteiger partial charge in [0.25, 0.3) is 0 Å². The van der Waals surface area contributed by atoms with Crippen LogP contribution in [0.25, 0.3) is 0 Å². The third-order valence-electron chi connectivity index (χ3n) is 3.95. The third-order valence-corrected chi connectivity index (χ3v) is 3.95. The van der Waals surface area contributed by atoms with Crippen molar-refractivity contribution in [1.29, 1.82) is 0 Å². The first-order chi connectivity index (χ1) is 8.13. The Hall–Kier alpha value is -0.940. The molecule has 17 heavy (non-hydrogen) atoms. The molecule has 2 unspecified atom stereocenters. The van der Waals surface area contributed by atoms with E-state index in [1.54, 1.807) is 0 Å². The Labute approximate surface area is 101 Å². The lowest BCUT2D eigenvalue weighted by Gasteiger charge is -2.26. The molecule has 1 N–H and O–H groups in total. The number of aliphatic hydroxyl groups excluding tert-OH is 1. The zero-order valence-electron chi connectivity index (χ0n) is 10.3. The Bertz CT molecular complexity index is 303. The van der Waals surface area contributed by atoms with Crippen molar-refractivity contribution in [2.45, 2.75) is 32.2 Å². The predicted octanol–water partition coefficient (Wildman–Crippen LogP) is -0.162. The Kier molecular flexibility index (Phi) is 3.79. The summed E-state index contributed by atoms with van der Waals surface area (Å²) in [6.07, 6.45) is 1.80.